The van der Waals surface area contributed by atoms with E-state index in [1.807, 2.05) is 12.1 Å². The molecule has 19 heavy (non-hydrogen) atoms. The number of esters is 1. The first-order chi connectivity index (χ1) is 9.02. The Hall–Kier alpha value is -1.55. The largest absolute Gasteiger partial charge is 0.465 e. The van der Waals surface area contributed by atoms with Crippen LogP contribution in [0.15, 0.2) is 18.2 Å². The molecule has 0 bridgehead atoms. The van der Waals surface area contributed by atoms with Crippen LogP contribution in [-0.4, -0.2) is 31.1 Å². The number of anilines is 1. The number of hydrogen-bond acceptors (Lipinski definition) is 4. The number of rotatable bonds is 3. The predicted molar refractivity (Wildman–Crippen MR) is 75.8 cm³/mol. The number of ether oxygens (including phenoxy) is 1. The van der Waals surface area contributed by atoms with Crippen LogP contribution in [0.2, 0.25) is 0 Å². The molecule has 2 unspecified atom stereocenters. The second-order valence-electron chi connectivity index (χ2n) is 5.52. The van der Waals surface area contributed by atoms with E-state index in [0.29, 0.717) is 23.1 Å². The van der Waals surface area contributed by atoms with E-state index in [1.54, 1.807) is 6.07 Å². The Bertz CT molecular complexity index is 463. The highest BCUT2D eigenvalue weighted by Crippen LogP contribution is 2.26. The van der Waals surface area contributed by atoms with Gasteiger partial charge in [-0.3, -0.25) is 4.90 Å². The molecule has 0 spiro atoms. The van der Waals surface area contributed by atoms with Gasteiger partial charge in [-0.2, -0.15) is 0 Å². The first-order valence-corrected chi connectivity index (χ1v) is 6.71. The standard InChI is InChI=1S/C15H22N2O2/c1-10-7-17(8-11(10)2)9-12-5-4-6-13(16)14(12)15(18)19-3/h4-6,10-11H,7-9,16H2,1-3H3. The summed E-state index contributed by atoms with van der Waals surface area (Å²) in [5.74, 6) is 1.04. The van der Waals surface area contributed by atoms with Crippen LogP contribution < -0.4 is 5.73 Å². The van der Waals surface area contributed by atoms with Crippen LogP contribution in [-0.2, 0) is 11.3 Å². The number of likely N-dealkylation sites (tertiary alicyclic amines) is 1. The highest BCUT2D eigenvalue weighted by atomic mass is 16.5. The molecule has 0 aliphatic carbocycles. The summed E-state index contributed by atoms with van der Waals surface area (Å²) in [6.45, 7) is 7.42. The third kappa shape index (κ3) is 2.89. The van der Waals surface area contributed by atoms with Crippen molar-refractivity contribution >= 4 is 11.7 Å². The van der Waals surface area contributed by atoms with E-state index in [1.165, 1.54) is 7.11 Å². The van der Waals surface area contributed by atoms with Crippen LogP contribution in [0.25, 0.3) is 0 Å². The molecule has 1 saturated heterocycles. The minimum atomic E-state index is -0.353. The summed E-state index contributed by atoms with van der Waals surface area (Å²) in [7, 11) is 1.39. The number of methoxy groups -OCH3 is 1. The van der Waals surface area contributed by atoms with Crippen molar-refractivity contribution in [1.29, 1.82) is 0 Å². The van der Waals surface area contributed by atoms with Crippen molar-refractivity contribution in [1.82, 2.24) is 4.90 Å². The average Bonchev–Trinajstić information content (AvgIpc) is 2.67. The first-order valence-electron chi connectivity index (χ1n) is 6.71. The fraction of sp³-hybridized carbons (Fsp3) is 0.533. The third-order valence-electron chi connectivity index (χ3n) is 4.03. The zero-order valence-corrected chi connectivity index (χ0v) is 11.8. The second kappa shape index (κ2) is 5.61. The van der Waals surface area contributed by atoms with Gasteiger partial charge in [0, 0.05) is 25.3 Å². The average molecular weight is 262 g/mol. The molecule has 0 aromatic heterocycles. The Labute approximate surface area is 114 Å². The van der Waals surface area contributed by atoms with Crippen LogP contribution in [0.3, 0.4) is 0 Å². The van der Waals surface area contributed by atoms with Gasteiger partial charge in [0.25, 0.3) is 0 Å². The quantitative estimate of drug-likeness (QED) is 0.670. The van der Waals surface area contributed by atoms with Crippen LogP contribution >= 0.6 is 0 Å². The molecule has 2 atom stereocenters. The van der Waals surface area contributed by atoms with Gasteiger partial charge in [0.1, 0.15) is 0 Å². The van der Waals surface area contributed by atoms with E-state index >= 15 is 0 Å². The van der Waals surface area contributed by atoms with Crippen molar-refractivity contribution in [2.45, 2.75) is 20.4 Å². The number of carbonyl (C=O) groups is 1. The monoisotopic (exact) mass is 262 g/mol. The van der Waals surface area contributed by atoms with Gasteiger partial charge in [-0.25, -0.2) is 4.79 Å². The summed E-state index contributed by atoms with van der Waals surface area (Å²) in [5, 5.41) is 0. The Morgan fingerprint density at radius 1 is 1.37 bits per heavy atom. The summed E-state index contributed by atoms with van der Waals surface area (Å²) < 4.78 is 4.83. The van der Waals surface area contributed by atoms with E-state index < -0.39 is 0 Å². The molecule has 0 amide bonds. The van der Waals surface area contributed by atoms with E-state index in [0.717, 1.165) is 25.2 Å². The molecule has 1 aromatic rings. The molecule has 1 aliphatic rings. The van der Waals surface area contributed by atoms with Gasteiger partial charge < -0.3 is 10.5 Å². The molecule has 4 nitrogen and oxygen atoms in total. The molecule has 4 heteroatoms. The number of nitrogens with two attached hydrogens (primary N) is 1. The van der Waals surface area contributed by atoms with Crippen molar-refractivity contribution in [3.8, 4) is 0 Å². The Balaban J connectivity index is 2.21. The van der Waals surface area contributed by atoms with E-state index in [9.17, 15) is 4.79 Å². The molecular formula is C15H22N2O2. The van der Waals surface area contributed by atoms with E-state index in [2.05, 4.69) is 18.7 Å². The van der Waals surface area contributed by atoms with Crippen LogP contribution in [0.1, 0.15) is 29.8 Å². The van der Waals surface area contributed by atoms with Crippen molar-refractivity contribution in [2.24, 2.45) is 11.8 Å². The van der Waals surface area contributed by atoms with Gasteiger partial charge in [-0.15, -0.1) is 0 Å². The lowest BCUT2D eigenvalue weighted by atomic mass is 10.0. The van der Waals surface area contributed by atoms with Gasteiger partial charge in [-0.05, 0) is 23.5 Å². The van der Waals surface area contributed by atoms with E-state index in [4.69, 9.17) is 10.5 Å². The maximum absolute atomic E-state index is 11.8. The maximum atomic E-state index is 11.8. The normalized spacial score (nSPS) is 23.5. The lowest BCUT2D eigenvalue weighted by Gasteiger charge is -2.18. The summed E-state index contributed by atoms with van der Waals surface area (Å²) in [6.07, 6.45) is 0. The molecule has 104 valence electrons. The van der Waals surface area contributed by atoms with Crippen molar-refractivity contribution in [3.63, 3.8) is 0 Å². The summed E-state index contributed by atoms with van der Waals surface area (Å²) in [4.78, 5) is 14.2. The fourth-order valence-electron chi connectivity index (χ4n) is 2.72. The van der Waals surface area contributed by atoms with Gasteiger partial charge in [-0.1, -0.05) is 26.0 Å². The predicted octanol–water partition coefficient (Wildman–Crippen LogP) is 2.14. The van der Waals surface area contributed by atoms with Gasteiger partial charge >= 0.3 is 5.97 Å². The zero-order chi connectivity index (χ0) is 14.0. The van der Waals surface area contributed by atoms with Crippen molar-refractivity contribution in [2.75, 3.05) is 25.9 Å². The third-order valence-corrected chi connectivity index (χ3v) is 4.03. The van der Waals surface area contributed by atoms with Gasteiger partial charge in [0.15, 0.2) is 0 Å². The topological polar surface area (TPSA) is 55.6 Å². The van der Waals surface area contributed by atoms with Crippen LogP contribution in [0.5, 0.6) is 0 Å². The minimum Gasteiger partial charge on any atom is -0.465 e. The SMILES string of the molecule is COC(=O)c1c(N)cccc1CN1CC(C)C(C)C1. The first kappa shape index (κ1) is 13.9. The molecule has 0 saturated carbocycles. The summed E-state index contributed by atoms with van der Waals surface area (Å²) in [6, 6.07) is 5.58. The highest BCUT2D eigenvalue weighted by Gasteiger charge is 2.27. The molecule has 1 heterocycles. The number of hydrogen-bond donors (Lipinski definition) is 1. The second-order valence-corrected chi connectivity index (χ2v) is 5.52. The zero-order valence-electron chi connectivity index (χ0n) is 11.8. The molecule has 1 fully saturated rings. The summed E-state index contributed by atoms with van der Waals surface area (Å²) in [5.41, 5.74) is 7.86. The maximum Gasteiger partial charge on any atom is 0.340 e. The fourth-order valence-corrected chi connectivity index (χ4v) is 2.72. The van der Waals surface area contributed by atoms with Gasteiger partial charge in [0.2, 0.25) is 0 Å². The molecule has 2 N–H and O–H groups in total. The lowest BCUT2D eigenvalue weighted by molar-refractivity contribution is 0.0599. The van der Waals surface area contributed by atoms with Crippen LogP contribution in [0.4, 0.5) is 5.69 Å². The number of benzene rings is 1. The number of carbonyl (C=O) groups excluding carboxylic acids is 1. The Morgan fingerprint density at radius 2 is 2.00 bits per heavy atom. The molecule has 1 aromatic carbocycles. The minimum absolute atomic E-state index is 0.353. The lowest BCUT2D eigenvalue weighted by Crippen LogP contribution is -2.22. The smallest absolute Gasteiger partial charge is 0.340 e. The molecule has 2 rings (SSSR count). The van der Waals surface area contributed by atoms with Crippen molar-refractivity contribution in [3.05, 3.63) is 29.3 Å². The molecule has 1 aliphatic heterocycles. The number of nitrogens with zero attached hydrogens (tertiary/aromatic N) is 1. The van der Waals surface area contributed by atoms with Gasteiger partial charge in [0.05, 0.1) is 12.7 Å². The Kier molecular flexibility index (Phi) is 4.10. The molecular weight excluding hydrogens is 240 g/mol. The highest BCUT2D eigenvalue weighted by molar-refractivity contribution is 5.96. The Morgan fingerprint density at radius 3 is 2.58 bits per heavy atom. The van der Waals surface area contributed by atoms with Crippen LogP contribution in [0, 0.1) is 11.8 Å². The number of nitrogen functional groups attached to an aromatic ring is 1. The van der Waals surface area contributed by atoms with Crippen molar-refractivity contribution < 1.29 is 9.53 Å². The van der Waals surface area contributed by atoms with E-state index in [-0.39, 0.29) is 5.97 Å². The molecule has 0 radical (unpaired) electrons. The summed E-state index contributed by atoms with van der Waals surface area (Å²) >= 11 is 0.